The third-order valence-electron chi connectivity index (χ3n) is 3.94. The molecule has 1 saturated heterocycles. The molecule has 3 heteroatoms. The zero-order valence-electron chi connectivity index (χ0n) is 10.2. The summed E-state index contributed by atoms with van der Waals surface area (Å²) < 4.78 is 11.2. The highest BCUT2D eigenvalue weighted by Crippen LogP contribution is 2.53. The minimum Gasteiger partial charge on any atom is -0.460 e. The first-order valence-electron chi connectivity index (χ1n) is 6.02. The Morgan fingerprint density at radius 1 is 1.17 bits per heavy atom. The van der Waals surface area contributed by atoms with Gasteiger partial charge in [0.15, 0.2) is 5.76 Å². The highest BCUT2D eigenvalue weighted by Gasteiger charge is 2.57. The summed E-state index contributed by atoms with van der Waals surface area (Å²) in [5.41, 5.74) is 4.33. The van der Waals surface area contributed by atoms with E-state index in [2.05, 4.69) is 0 Å². The Labute approximate surface area is 104 Å². The van der Waals surface area contributed by atoms with E-state index in [0.717, 1.165) is 22.3 Å². The number of benzene rings is 1. The lowest BCUT2D eigenvalue weighted by molar-refractivity contribution is 0.0997. The Bertz CT molecular complexity index is 690. The SMILES string of the molecule is Cc1cccc2c1[C@]1(CO1)c1c(C)coc1C2=O. The third kappa shape index (κ3) is 0.969. The van der Waals surface area contributed by atoms with Crippen molar-refractivity contribution in [3.63, 3.8) is 0 Å². The van der Waals surface area contributed by atoms with Crippen LogP contribution >= 0.6 is 0 Å². The maximum absolute atomic E-state index is 12.4. The van der Waals surface area contributed by atoms with Gasteiger partial charge in [-0.05, 0) is 25.0 Å². The van der Waals surface area contributed by atoms with Gasteiger partial charge in [0.2, 0.25) is 5.78 Å². The molecule has 18 heavy (non-hydrogen) atoms. The largest absolute Gasteiger partial charge is 0.460 e. The summed E-state index contributed by atoms with van der Waals surface area (Å²) in [6.07, 6.45) is 1.65. The summed E-state index contributed by atoms with van der Waals surface area (Å²) in [5.74, 6) is 0.418. The molecular formula is C15H12O3. The van der Waals surface area contributed by atoms with Gasteiger partial charge in [0.25, 0.3) is 0 Å². The second kappa shape index (κ2) is 2.93. The van der Waals surface area contributed by atoms with Gasteiger partial charge in [0.05, 0.1) is 12.9 Å². The fraction of sp³-hybridized carbons (Fsp3) is 0.267. The average molecular weight is 240 g/mol. The standard InChI is InChI=1S/C15H12O3/c1-8-4-3-5-10-11(8)15(7-18-15)12-9(2)6-17-14(12)13(10)16/h3-6H,7H2,1-2H3/t15-/m1/s1. The Balaban J connectivity index is 2.13. The summed E-state index contributed by atoms with van der Waals surface area (Å²) in [7, 11) is 0. The van der Waals surface area contributed by atoms with Crippen LogP contribution in [0.25, 0.3) is 0 Å². The zero-order valence-corrected chi connectivity index (χ0v) is 10.2. The Kier molecular flexibility index (Phi) is 1.64. The van der Waals surface area contributed by atoms with Crippen molar-refractivity contribution < 1.29 is 13.9 Å². The van der Waals surface area contributed by atoms with Crippen molar-refractivity contribution in [1.82, 2.24) is 0 Å². The van der Waals surface area contributed by atoms with Gasteiger partial charge in [-0.15, -0.1) is 0 Å². The molecule has 1 atom stereocenters. The van der Waals surface area contributed by atoms with E-state index in [1.54, 1.807) is 6.26 Å². The maximum atomic E-state index is 12.4. The quantitative estimate of drug-likeness (QED) is 0.665. The molecule has 0 unspecified atom stereocenters. The van der Waals surface area contributed by atoms with Crippen molar-refractivity contribution in [2.24, 2.45) is 0 Å². The zero-order chi connectivity index (χ0) is 12.5. The van der Waals surface area contributed by atoms with Gasteiger partial charge in [-0.2, -0.15) is 0 Å². The molecule has 0 amide bonds. The van der Waals surface area contributed by atoms with Crippen molar-refractivity contribution in [2.75, 3.05) is 6.61 Å². The number of aryl methyl sites for hydroxylation is 2. The van der Waals surface area contributed by atoms with Crippen molar-refractivity contribution >= 4 is 5.78 Å². The molecule has 0 N–H and O–H groups in total. The minimum atomic E-state index is -0.430. The van der Waals surface area contributed by atoms with Gasteiger partial charge in [-0.3, -0.25) is 4.79 Å². The van der Waals surface area contributed by atoms with Gasteiger partial charge < -0.3 is 9.15 Å². The van der Waals surface area contributed by atoms with Crippen LogP contribution in [0.3, 0.4) is 0 Å². The Morgan fingerprint density at radius 2 is 1.94 bits per heavy atom. The number of ketones is 1. The number of epoxide rings is 1. The van der Waals surface area contributed by atoms with Crippen LogP contribution in [0.5, 0.6) is 0 Å². The van der Waals surface area contributed by atoms with Crippen LogP contribution in [0.2, 0.25) is 0 Å². The van der Waals surface area contributed by atoms with Gasteiger partial charge in [0, 0.05) is 16.7 Å². The Hall–Kier alpha value is -1.87. The molecule has 1 aromatic carbocycles. The van der Waals surface area contributed by atoms with Crippen LogP contribution in [0.4, 0.5) is 0 Å². The molecule has 1 aliphatic heterocycles. The molecule has 0 radical (unpaired) electrons. The number of furan rings is 1. The lowest BCUT2D eigenvalue weighted by atomic mass is 9.77. The average Bonchev–Trinajstić information content (AvgIpc) is 3.03. The normalized spacial score (nSPS) is 24.0. The molecule has 3 nitrogen and oxygen atoms in total. The molecule has 2 aromatic rings. The van der Waals surface area contributed by atoms with Gasteiger partial charge >= 0.3 is 0 Å². The molecule has 0 saturated carbocycles. The number of carbonyl (C=O) groups is 1. The summed E-state index contributed by atoms with van der Waals surface area (Å²) in [6, 6.07) is 5.79. The second-order valence-electron chi connectivity index (χ2n) is 5.07. The predicted octanol–water partition coefficient (Wildman–Crippen LogP) is 2.71. The van der Waals surface area contributed by atoms with Gasteiger partial charge in [-0.1, -0.05) is 18.2 Å². The van der Waals surface area contributed by atoms with Crippen LogP contribution in [0.1, 0.15) is 38.4 Å². The molecule has 0 bridgehead atoms. The van der Waals surface area contributed by atoms with Crippen LogP contribution in [0, 0.1) is 13.8 Å². The van der Waals surface area contributed by atoms with Crippen LogP contribution < -0.4 is 0 Å². The van der Waals surface area contributed by atoms with E-state index in [-0.39, 0.29) is 5.78 Å². The van der Waals surface area contributed by atoms with Crippen molar-refractivity contribution in [3.8, 4) is 0 Å². The number of hydrogen-bond donors (Lipinski definition) is 0. The van der Waals surface area contributed by atoms with Crippen molar-refractivity contribution in [1.29, 1.82) is 0 Å². The number of rotatable bonds is 0. The van der Waals surface area contributed by atoms with Crippen LogP contribution in [-0.2, 0) is 10.3 Å². The summed E-state index contributed by atoms with van der Waals surface area (Å²) in [4.78, 5) is 12.4. The van der Waals surface area contributed by atoms with E-state index in [1.807, 2.05) is 32.0 Å². The highest BCUT2D eigenvalue weighted by molar-refractivity contribution is 6.12. The van der Waals surface area contributed by atoms with E-state index in [1.165, 1.54) is 0 Å². The van der Waals surface area contributed by atoms with Crippen molar-refractivity contribution in [2.45, 2.75) is 19.4 Å². The number of hydrogen-bond acceptors (Lipinski definition) is 3. The highest BCUT2D eigenvalue weighted by atomic mass is 16.6. The molecule has 4 rings (SSSR count). The Morgan fingerprint density at radius 3 is 2.67 bits per heavy atom. The molecular weight excluding hydrogens is 228 g/mol. The van der Waals surface area contributed by atoms with E-state index >= 15 is 0 Å². The molecule has 2 heterocycles. The monoisotopic (exact) mass is 240 g/mol. The van der Waals surface area contributed by atoms with Crippen LogP contribution in [-0.4, -0.2) is 12.4 Å². The number of ether oxygens (including phenoxy) is 1. The first-order chi connectivity index (χ1) is 8.65. The smallest absolute Gasteiger partial charge is 0.229 e. The van der Waals surface area contributed by atoms with Crippen molar-refractivity contribution in [3.05, 3.63) is 58.0 Å². The van der Waals surface area contributed by atoms with Gasteiger partial charge in [-0.25, -0.2) is 0 Å². The number of fused-ring (bicyclic) bond motifs is 4. The maximum Gasteiger partial charge on any atom is 0.229 e. The predicted molar refractivity (Wildman–Crippen MR) is 64.8 cm³/mol. The minimum absolute atomic E-state index is 0.0297. The number of carbonyl (C=O) groups excluding carboxylic acids is 1. The molecule has 2 aliphatic rings. The summed E-state index contributed by atoms with van der Waals surface area (Å²) in [5, 5.41) is 0. The van der Waals surface area contributed by atoms with Gasteiger partial charge in [0.1, 0.15) is 5.60 Å². The topological polar surface area (TPSA) is 42.7 Å². The molecule has 1 spiro atoms. The molecule has 1 aliphatic carbocycles. The van der Waals surface area contributed by atoms with E-state index < -0.39 is 5.60 Å². The summed E-state index contributed by atoms with van der Waals surface area (Å²) >= 11 is 0. The first-order valence-corrected chi connectivity index (χ1v) is 6.02. The lowest BCUT2D eigenvalue weighted by Crippen LogP contribution is -2.26. The molecule has 90 valence electrons. The summed E-state index contributed by atoms with van der Waals surface area (Å²) in [6.45, 7) is 4.61. The molecule has 1 fully saturated rings. The van der Waals surface area contributed by atoms with E-state index in [4.69, 9.17) is 9.15 Å². The van der Waals surface area contributed by atoms with E-state index in [9.17, 15) is 4.79 Å². The third-order valence-corrected chi connectivity index (χ3v) is 3.94. The second-order valence-corrected chi connectivity index (χ2v) is 5.07. The first kappa shape index (κ1) is 10.1. The fourth-order valence-corrected chi connectivity index (χ4v) is 3.11. The fourth-order valence-electron chi connectivity index (χ4n) is 3.11. The van der Waals surface area contributed by atoms with E-state index in [0.29, 0.717) is 17.9 Å². The lowest BCUT2D eigenvalue weighted by Gasteiger charge is -2.23. The molecule has 1 aromatic heterocycles. The van der Waals surface area contributed by atoms with Crippen LogP contribution in [0.15, 0.2) is 28.9 Å².